The van der Waals surface area contributed by atoms with E-state index in [2.05, 4.69) is 19.3 Å². The lowest BCUT2D eigenvalue weighted by atomic mass is 9.87. The summed E-state index contributed by atoms with van der Waals surface area (Å²) in [5, 5.41) is 10.6. The number of hydrogen-bond donors (Lipinski definition) is 2. The number of ketones is 1. The molecule has 35 heavy (non-hydrogen) atoms. The highest BCUT2D eigenvalue weighted by molar-refractivity contribution is 7.03. The van der Waals surface area contributed by atoms with Gasteiger partial charge in [0.1, 0.15) is 18.1 Å². The van der Waals surface area contributed by atoms with Crippen molar-refractivity contribution in [3.05, 3.63) is 75.3 Å². The molecule has 4 aromatic rings. The first-order valence-corrected chi connectivity index (χ1v) is 11.8. The van der Waals surface area contributed by atoms with Crippen molar-refractivity contribution < 1.29 is 14.6 Å². The largest absolute Gasteiger partial charge is 0.507 e. The highest BCUT2D eigenvalue weighted by Gasteiger charge is 2.21. The average molecular weight is 491 g/mol. The van der Waals surface area contributed by atoms with Gasteiger partial charge in [-0.3, -0.25) is 24.5 Å². The van der Waals surface area contributed by atoms with Crippen molar-refractivity contribution in [3.63, 3.8) is 0 Å². The number of H-pyrrole nitrogens is 1. The first-order valence-electron chi connectivity index (χ1n) is 11.1. The van der Waals surface area contributed by atoms with Gasteiger partial charge in [-0.2, -0.15) is 4.37 Å². The number of hydrogen-bond acceptors (Lipinski definition) is 8. The van der Waals surface area contributed by atoms with Crippen molar-refractivity contribution in [1.29, 1.82) is 0 Å². The van der Waals surface area contributed by atoms with Crippen LogP contribution in [0.15, 0.2) is 53.6 Å². The fraction of sp³-hybridized carbons (Fsp3) is 0.269. The molecule has 2 N–H and O–H groups in total. The normalized spacial score (nSPS) is 11.4. The summed E-state index contributed by atoms with van der Waals surface area (Å²) in [6.45, 7) is 7.83. The Bertz CT molecular complexity index is 1420. The van der Waals surface area contributed by atoms with Gasteiger partial charge in [-0.25, -0.2) is 0 Å². The Morgan fingerprint density at radius 1 is 1.11 bits per heavy atom. The van der Waals surface area contributed by atoms with Crippen molar-refractivity contribution in [2.24, 2.45) is 5.41 Å². The Kier molecular flexibility index (Phi) is 6.79. The quantitative estimate of drug-likeness (QED) is 0.343. The lowest BCUT2D eigenvalue weighted by molar-refractivity contribution is 0.0937. The minimum Gasteiger partial charge on any atom is -0.507 e. The second-order valence-corrected chi connectivity index (χ2v) is 10.2. The number of carbonyl (C=O) groups excluding carboxylic acids is 1. The zero-order valence-electron chi connectivity index (χ0n) is 20.0. The van der Waals surface area contributed by atoms with E-state index in [1.165, 1.54) is 0 Å². The van der Waals surface area contributed by atoms with Gasteiger partial charge in [-0.1, -0.05) is 39.0 Å². The number of carbonyl (C=O) groups is 1. The Labute approximate surface area is 206 Å². The maximum Gasteiger partial charge on any atom is 0.323 e. The van der Waals surface area contributed by atoms with Crippen molar-refractivity contribution in [2.75, 3.05) is 0 Å². The number of nitrogens with zero attached hydrogens (tertiary/aromatic N) is 3. The number of nitrogens with one attached hydrogen (secondary N) is 1. The van der Waals surface area contributed by atoms with Gasteiger partial charge >= 0.3 is 4.87 Å². The molecule has 0 aliphatic heterocycles. The van der Waals surface area contributed by atoms with Crippen LogP contribution < -0.4 is 9.61 Å². The van der Waals surface area contributed by atoms with E-state index in [4.69, 9.17) is 4.74 Å². The summed E-state index contributed by atoms with van der Waals surface area (Å²) in [5.41, 5.74) is 3.55. The number of ether oxygens (including phenoxy) is 1. The molecule has 4 rings (SSSR count). The van der Waals surface area contributed by atoms with Gasteiger partial charge in [0.05, 0.1) is 29.3 Å². The fourth-order valence-electron chi connectivity index (χ4n) is 3.55. The number of aromatic nitrogens is 4. The number of phenols is 1. The SMILES string of the molecule is Cc1c(OCc2cnc(-c3cccc(-c4nsc(=O)[nH]4)c3)cn2)ccc(C(=O)CC(C)(C)C)c1O. The smallest absolute Gasteiger partial charge is 0.323 e. The van der Waals surface area contributed by atoms with E-state index in [1.807, 2.05) is 45.0 Å². The van der Waals surface area contributed by atoms with Crippen molar-refractivity contribution >= 4 is 17.3 Å². The molecule has 0 saturated carbocycles. The van der Waals surface area contributed by atoms with Crippen molar-refractivity contribution in [3.8, 4) is 34.1 Å². The third-order valence-corrected chi connectivity index (χ3v) is 5.87. The summed E-state index contributed by atoms with van der Waals surface area (Å²) in [6.07, 6.45) is 3.62. The van der Waals surface area contributed by atoms with Crippen LogP contribution in [0.5, 0.6) is 11.5 Å². The summed E-state index contributed by atoms with van der Waals surface area (Å²) in [5.74, 6) is 0.839. The second kappa shape index (κ2) is 9.79. The number of aromatic hydroxyl groups is 1. The summed E-state index contributed by atoms with van der Waals surface area (Å²) in [4.78, 5) is 35.4. The van der Waals surface area contributed by atoms with Gasteiger partial charge in [0.15, 0.2) is 11.6 Å². The third kappa shape index (κ3) is 5.81. The molecule has 0 aliphatic rings. The fourth-order valence-corrected chi connectivity index (χ4v) is 4.02. The molecule has 2 aromatic carbocycles. The summed E-state index contributed by atoms with van der Waals surface area (Å²) in [7, 11) is 0. The molecule has 0 amide bonds. The Balaban J connectivity index is 1.45. The van der Waals surface area contributed by atoms with Crippen LogP contribution in [0, 0.1) is 12.3 Å². The predicted octanol–water partition coefficient (Wildman–Crippen LogP) is 5.17. The molecule has 0 atom stereocenters. The lowest BCUT2D eigenvalue weighted by Crippen LogP contribution is -2.13. The van der Waals surface area contributed by atoms with Gasteiger partial charge in [0.25, 0.3) is 0 Å². The predicted molar refractivity (Wildman–Crippen MR) is 135 cm³/mol. The number of rotatable bonds is 7. The zero-order chi connectivity index (χ0) is 25.2. The average Bonchev–Trinajstić information content (AvgIpc) is 3.25. The molecule has 2 heterocycles. The second-order valence-electron chi connectivity index (χ2n) is 9.45. The van der Waals surface area contributed by atoms with Gasteiger partial charge < -0.3 is 9.84 Å². The molecule has 0 spiro atoms. The van der Waals surface area contributed by atoms with Gasteiger partial charge in [-0.15, -0.1) is 0 Å². The van der Waals surface area contributed by atoms with E-state index in [-0.39, 0.29) is 28.4 Å². The maximum absolute atomic E-state index is 12.5. The molecule has 0 bridgehead atoms. The molecule has 2 aromatic heterocycles. The van der Waals surface area contributed by atoms with Crippen molar-refractivity contribution in [2.45, 2.75) is 40.7 Å². The van der Waals surface area contributed by atoms with E-state index in [0.717, 1.165) is 22.7 Å². The molecular formula is C26H26N4O4S. The molecule has 0 saturated heterocycles. The Morgan fingerprint density at radius 2 is 1.89 bits per heavy atom. The first-order chi connectivity index (χ1) is 16.6. The topological polar surface area (TPSA) is 118 Å². The Morgan fingerprint density at radius 3 is 2.54 bits per heavy atom. The summed E-state index contributed by atoms with van der Waals surface area (Å²) in [6, 6.07) is 10.8. The van der Waals surface area contributed by atoms with Crippen LogP contribution in [0.1, 0.15) is 48.8 Å². The lowest BCUT2D eigenvalue weighted by Gasteiger charge is -2.18. The van der Waals surface area contributed by atoms with Crippen LogP contribution in [-0.4, -0.2) is 30.2 Å². The van der Waals surface area contributed by atoms with E-state index < -0.39 is 0 Å². The van der Waals surface area contributed by atoms with Crippen LogP contribution in [0.2, 0.25) is 0 Å². The zero-order valence-corrected chi connectivity index (χ0v) is 20.8. The maximum atomic E-state index is 12.5. The minimum absolute atomic E-state index is 0.0560. The first kappa shape index (κ1) is 24.3. The Hall–Kier alpha value is -3.85. The molecule has 0 fully saturated rings. The molecule has 8 nitrogen and oxygen atoms in total. The van der Waals surface area contributed by atoms with Crippen LogP contribution in [0.25, 0.3) is 22.6 Å². The standard InChI is InChI=1S/C26H26N4O4S/c1-15-22(9-8-19(23(15)32)21(31)11-26(2,3)4)34-14-18-12-28-20(13-27-18)16-6-5-7-17(10-16)24-29-25(33)35-30-24/h5-10,12-13,32H,11,14H2,1-4H3,(H,29,30,33). The number of Topliss-reactive ketones (excluding diaryl/α,β-unsaturated/α-hetero) is 1. The molecule has 0 radical (unpaired) electrons. The monoisotopic (exact) mass is 490 g/mol. The summed E-state index contributed by atoms with van der Waals surface area (Å²) < 4.78 is 9.97. The van der Waals surface area contributed by atoms with E-state index in [0.29, 0.717) is 40.5 Å². The van der Waals surface area contributed by atoms with Crippen LogP contribution in [-0.2, 0) is 6.61 Å². The molecule has 0 unspecified atom stereocenters. The number of aromatic amines is 1. The molecule has 180 valence electrons. The number of phenolic OH excluding ortho intramolecular Hbond substituents is 1. The van der Waals surface area contributed by atoms with E-state index in [1.54, 1.807) is 31.5 Å². The highest BCUT2D eigenvalue weighted by atomic mass is 32.1. The van der Waals surface area contributed by atoms with Crippen molar-refractivity contribution in [1.82, 2.24) is 19.3 Å². The highest BCUT2D eigenvalue weighted by Crippen LogP contribution is 2.33. The van der Waals surface area contributed by atoms with Crippen LogP contribution >= 0.6 is 11.5 Å². The molecule has 9 heteroatoms. The van der Waals surface area contributed by atoms with Crippen LogP contribution in [0.3, 0.4) is 0 Å². The van der Waals surface area contributed by atoms with Gasteiger partial charge in [-0.05, 0) is 30.5 Å². The minimum atomic E-state index is -0.204. The number of benzene rings is 2. The summed E-state index contributed by atoms with van der Waals surface area (Å²) >= 11 is 0.877. The van der Waals surface area contributed by atoms with Crippen LogP contribution in [0.4, 0.5) is 0 Å². The molecular weight excluding hydrogens is 464 g/mol. The third-order valence-electron chi connectivity index (χ3n) is 5.33. The van der Waals surface area contributed by atoms with E-state index >= 15 is 0 Å². The van der Waals surface area contributed by atoms with Gasteiger partial charge in [0, 0.05) is 34.6 Å². The van der Waals surface area contributed by atoms with E-state index in [9.17, 15) is 14.7 Å². The molecule has 0 aliphatic carbocycles. The van der Waals surface area contributed by atoms with Gasteiger partial charge in [0.2, 0.25) is 0 Å².